The zero-order chi connectivity index (χ0) is 25.8. The predicted molar refractivity (Wildman–Crippen MR) is 126 cm³/mol. The van der Waals surface area contributed by atoms with E-state index in [2.05, 4.69) is 0 Å². The topological polar surface area (TPSA) is 130 Å². The van der Waals surface area contributed by atoms with Crippen molar-refractivity contribution >= 4 is 35.0 Å². The summed E-state index contributed by atoms with van der Waals surface area (Å²) in [6.45, 7) is 3.55. The standard InChI is InChI=1S/C26H25NO8/c1-11(28)20-18(31)10-15-8-14-9-16-17(27(4)5)6-7-19(34-12(2)29)23(16)25(33)21(14)24(32)22(15)26(20)35-13(3)30/h6-7,10,14,31,33H,8-9H2,1-5H3/t14-/m1/s1. The number of hydrogen-bond acceptors (Lipinski definition) is 9. The number of allylic oxidation sites excluding steroid dienone is 1. The number of aliphatic hydroxyl groups excluding tert-OH is 1. The number of esters is 2. The van der Waals surface area contributed by atoms with Crippen molar-refractivity contribution in [2.45, 2.75) is 33.6 Å². The van der Waals surface area contributed by atoms with Gasteiger partial charge < -0.3 is 24.6 Å². The summed E-state index contributed by atoms with van der Waals surface area (Å²) in [5, 5.41) is 21.9. The minimum Gasteiger partial charge on any atom is -0.507 e. The van der Waals surface area contributed by atoms with Crippen LogP contribution in [-0.2, 0) is 22.4 Å². The van der Waals surface area contributed by atoms with Crippen LogP contribution >= 0.6 is 0 Å². The van der Waals surface area contributed by atoms with Gasteiger partial charge in [-0.3, -0.25) is 19.2 Å². The minimum absolute atomic E-state index is 0.0535. The van der Waals surface area contributed by atoms with Crippen LogP contribution in [0.15, 0.2) is 23.8 Å². The molecular weight excluding hydrogens is 454 g/mol. The highest BCUT2D eigenvalue weighted by Gasteiger charge is 2.42. The van der Waals surface area contributed by atoms with E-state index in [-0.39, 0.29) is 51.7 Å². The zero-order valence-corrected chi connectivity index (χ0v) is 20.0. The molecule has 0 saturated heterocycles. The molecule has 1 atom stereocenters. The molecule has 2 N–H and O–H groups in total. The van der Waals surface area contributed by atoms with Gasteiger partial charge in [-0.1, -0.05) is 0 Å². The molecule has 0 bridgehead atoms. The molecule has 2 aromatic rings. The van der Waals surface area contributed by atoms with Crippen LogP contribution in [0.5, 0.6) is 17.2 Å². The Morgan fingerprint density at radius 2 is 1.63 bits per heavy atom. The number of ketones is 2. The Kier molecular flexibility index (Phi) is 5.88. The van der Waals surface area contributed by atoms with Crippen molar-refractivity contribution in [2.75, 3.05) is 19.0 Å². The van der Waals surface area contributed by atoms with Crippen molar-refractivity contribution in [3.8, 4) is 17.2 Å². The van der Waals surface area contributed by atoms with Gasteiger partial charge in [-0.25, -0.2) is 0 Å². The third-order valence-electron chi connectivity index (χ3n) is 6.21. The molecule has 2 aliphatic carbocycles. The summed E-state index contributed by atoms with van der Waals surface area (Å²) in [4.78, 5) is 51.4. The quantitative estimate of drug-likeness (QED) is 0.385. The van der Waals surface area contributed by atoms with Gasteiger partial charge in [0.15, 0.2) is 17.3 Å². The van der Waals surface area contributed by atoms with E-state index in [4.69, 9.17) is 9.47 Å². The van der Waals surface area contributed by atoms with Crippen LogP contribution in [0.1, 0.15) is 58.2 Å². The molecule has 182 valence electrons. The molecule has 0 heterocycles. The molecule has 0 aliphatic heterocycles. The Labute approximate surface area is 201 Å². The Balaban J connectivity index is 2.01. The second-order valence-corrected chi connectivity index (χ2v) is 8.90. The van der Waals surface area contributed by atoms with E-state index < -0.39 is 29.4 Å². The summed E-state index contributed by atoms with van der Waals surface area (Å²) in [5.74, 6) is -3.94. The molecule has 35 heavy (non-hydrogen) atoms. The average Bonchev–Trinajstić information content (AvgIpc) is 2.71. The lowest BCUT2D eigenvalue weighted by Crippen LogP contribution is -2.31. The molecule has 0 unspecified atom stereocenters. The number of Topliss-reactive ketones (excluding diaryl/α,β-unsaturated/α-hetero) is 2. The average molecular weight is 479 g/mol. The Morgan fingerprint density at radius 1 is 0.971 bits per heavy atom. The first-order valence-electron chi connectivity index (χ1n) is 11.0. The first-order chi connectivity index (χ1) is 16.4. The number of anilines is 1. The fourth-order valence-electron chi connectivity index (χ4n) is 4.98. The van der Waals surface area contributed by atoms with E-state index in [0.717, 1.165) is 12.6 Å². The normalized spacial score (nSPS) is 16.1. The van der Waals surface area contributed by atoms with Crippen LogP contribution in [0.4, 0.5) is 5.69 Å². The number of carbonyl (C=O) groups is 4. The fourth-order valence-corrected chi connectivity index (χ4v) is 4.98. The number of carbonyl (C=O) groups excluding carboxylic acids is 4. The highest BCUT2D eigenvalue weighted by Crippen LogP contribution is 2.49. The molecule has 0 amide bonds. The molecule has 0 spiro atoms. The molecule has 9 heteroatoms. The molecule has 0 radical (unpaired) electrons. The summed E-state index contributed by atoms with van der Waals surface area (Å²) in [6.07, 6.45) is 0.589. The van der Waals surface area contributed by atoms with Gasteiger partial charge in [-0.2, -0.15) is 0 Å². The fraction of sp³-hybridized carbons (Fsp3) is 0.308. The second-order valence-electron chi connectivity index (χ2n) is 8.90. The van der Waals surface area contributed by atoms with Crippen LogP contribution in [0.3, 0.4) is 0 Å². The third-order valence-corrected chi connectivity index (χ3v) is 6.21. The van der Waals surface area contributed by atoms with Gasteiger partial charge >= 0.3 is 11.9 Å². The minimum atomic E-state index is -0.768. The molecule has 4 rings (SSSR count). The van der Waals surface area contributed by atoms with E-state index in [0.29, 0.717) is 17.5 Å². The number of rotatable bonds is 4. The number of phenols is 1. The Morgan fingerprint density at radius 3 is 2.20 bits per heavy atom. The Hall–Kier alpha value is -4.14. The van der Waals surface area contributed by atoms with Gasteiger partial charge in [0.05, 0.1) is 11.1 Å². The van der Waals surface area contributed by atoms with E-state index in [1.807, 2.05) is 19.0 Å². The largest absolute Gasteiger partial charge is 0.507 e. The smallest absolute Gasteiger partial charge is 0.308 e. The SMILES string of the molecule is CC(=O)Oc1ccc(N(C)C)c2c1C(O)=C1C(=O)c3c(cc(O)c(C(C)=O)c3OC(C)=O)C[C@@H]1C2. The van der Waals surface area contributed by atoms with E-state index in [1.165, 1.54) is 19.9 Å². The Bertz CT molecular complexity index is 1350. The highest BCUT2D eigenvalue weighted by molar-refractivity contribution is 6.19. The molecular formula is C26H25NO8. The molecule has 9 nitrogen and oxygen atoms in total. The van der Waals surface area contributed by atoms with Crippen molar-refractivity contribution in [1.29, 1.82) is 0 Å². The maximum atomic E-state index is 13.8. The number of benzene rings is 2. The predicted octanol–water partition coefficient (Wildman–Crippen LogP) is 3.39. The number of hydrogen-bond donors (Lipinski definition) is 2. The van der Waals surface area contributed by atoms with Gasteiger partial charge in [0, 0.05) is 39.2 Å². The van der Waals surface area contributed by atoms with Crippen LogP contribution in [-0.4, -0.2) is 47.8 Å². The van der Waals surface area contributed by atoms with Gasteiger partial charge in [-0.15, -0.1) is 0 Å². The summed E-state index contributed by atoms with van der Waals surface area (Å²) < 4.78 is 10.6. The van der Waals surface area contributed by atoms with Crippen molar-refractivity contribution in [3.63, 3.8) is 0 Å². The van der Waals surface area contributed by atoms with Crippen LogP contribution < -0.4 is 14.4 Å². The molecule has 2 aliphatic rings. The van der Waals surface area contributed by atoms with Gasteiger partial charge in [0.2, 0.25) is 0 Å². The lowest BCUT2D eigenvalue weighted by molar-refractivity contribution is -0.132. The number of fused-ring (bicyclic) bond motifs is 3. The number of aromatic hydroxyl groups is 1. The van der Waals surface area contributed by atoms with Crippen LogP contribution in [0, 0.1) is 5.92 Å². The summed E-state index contributed by atoms with van der Waals surface area (Å²) in [5.41, 5.74) is 1.88. The molecule has 0 fully saturated rings. The lowest BCUT2D eigenvalue weighted by Gasteiger charge is -2.35. The maximum Gasteiger partial charge on any atom is 0.308 e. The lowest BCUT2D eigenvalue weighted by atomic mass is 9.70. The van der Waals surface area contributed by atoms with Crippen molar-refractivity contribution in [1.82, 2.24) is 0 Å². The van der Waals surface area contributed by atoms with E-state index in [1.54, 1.807) is 12.1 Å². The van der Waals surface area contributed by atoms with E-state index >= 15 is 0 Å². The molecule has 0 saturated carbocycles. The van der Waals surface area contributed by atoms with Crippen LogP contribution in [0.2, 0.25) is 0 Å². The first kappa shape index (κ1) is 24.0. The number of phenolic OH excluding ortho intramolecular Hbond substituents is 1. The number of aliphatic hydroxyl groups is 1. The van der Waals surface area contributed by atoms with E-state index in [9.17, 15) is 29.4 Å². The molecule has 0 aromatic heterocycles. The van der Waals surface area contributed by atoms with Gasteiger partial charge in [-0.05, 0) is 55.0 Å². The summed E-state index contributed by atoms with van der Waals surface area (Å²) in [6, 6.07) is 4.67. The number of ether oxygens (including phenoxy) is 2. The van der Waals surface area contributed by atoms with Gasteiger partial charge in [0.25, 0.3) is 0 Å². The number of nitrogens with zero attached hydrogens (tertiary/aromatic N) is 1. The van der Waals surface area contributed by atoms with Gasteiger partial charge in [0.1, 0.15) is 22.8 Å². The summed E-state index contributed by atoms with van der Waals surface area (Å²) in [7, 11) is 3.68. The first-order valence-corrected chi connectivity index (χ1v) is 11.0. The van der Waals surface area contributed by atoms with Crippen LogP contribution in [0.25, 0.3) is 5.76 Å². The van der Waals surface area contributed by atoms with Crippen molar-refractivity contribution in [3.05, 3.63) is 51.6 Å². The summed E-state index contributed by atoms with van der Waals surface area (Å²) >= 11 is 0. The highest BCUT2D eigenvalue weighted by atomic mass is 16.5. The molecule has 2 aromatic carbocycles. The van der Waals surface area contributed by atoms with Crippen molar-refractivity contribution in [2.24, 2.45) is 5.92 Å². The maximum absolute atomic E-state index is 13.8. The van der Waals surface area contributed by atoms with Crippen molar-refractivity contribution < 1.29 is 38.9 Å². The third kappa shape index (κ3) is 3.92. The zero-order valence-electron chi connectivity index (χ0n) is 20.0. The second kappa shape index (κ2) is 8.57. The monoisotopic (exact) mass is 479 g/mol.